The quantitative estimate of drug-likeness (QED) is 0.800. The van der Waals surface area contributed by atoms with Gasteiger partial charge in [0.05, 0.1) is 25.8 Å². The van der Waals surface area contributed by atoms with Gasteiger partial charge in [-0.1, -0.05) is 0 Å². The van der Waals surface area contributed by atoms with E-state index in [1.54, 1.807) is 0 Å². The number of hydrogen-bond acceptors (Lipinski definition) is 4. The number of hydrogen-bond donors (Lipinski definition) is 0. The van der Waals surface area contributed by atoms with Crippen molar-refractivity contribution in [1.29, 1.82) is 0 Å². The van der Waals surface area contributed by atoms with Gasteiger partial charge in [-0.2, -0.15) is 0 Å². The predicted molar refractivity (Wildman–Crippen MR) is 86.8 cm³/mol. The van der Waals surface area contributed by atoms with Crippen LogP contribution in [-0.4, -0.2) is 66.1 Å². The molecule has 3 saturated heterocycles. The molecule has 0 radical (unpaired) electrons. The first-order chi connectivity index (χ1) is 10.3. The number of nitrogens with zero attached hydrogens (tertiary/aromatic N) is 2. The van der Waals surface area contributed by atoms with Crippen LogP contribution in [0.4, 0.5) is 0 Å². The molecule has 0 bridgehead atoms. The Hall–Kier alpha value is -0.160. The average Bonchev–Trinajstić information content (AvgIpc) is 2.83. The van der Waals surface area contributed by atoms with Crippen LogP contribution in [0.5, 0.6) is 0 Å². The summed E-state index contributed by atoms with van der Waals surface area (Å²) < 4.78 is 12.4. The van der Waals surface area contributed by atoms with E-state index in [0.29, 0.717) is 6.04 Å². The summed E-state index contributed by atoms with van der Waals surface area (Å²) in [7, 11) is 0. The second-order valence-corrected chi connectivity index (χ2v) is 9.29. The van der Waals surface area contributed by atoms with Gasteiger partial charge in [-0.05, 0) is 65.3 Å². The van der Waals surface area contributed by atoms with E-state index in [2.05, 4.69) is 37.5 Å². The third-order valence-electron chi connectivity index (χ3n) is 6.38. The minimum absolute atomic E-state index is 0.220. The number of rotatable bonds is 3. The summed E-state index contributed by atoms with van der Waals surface area (Å²) in [6.07, 6.45) is 5.75. The summed E-state index contributed by atoms with van der Waals surface area (Å²) in [6, 6.07) is 0.627. The van der Waals surface area contributed by atoms with E-state index in [9.17, 15) is 0 Å². The SMILES string of the molecule is CC(CC1COC2(CN(C(C)(C)C)C2)O1)N1CCC2(CC2)C1. The van der Waals surface area contributed by atoms with Gasteiger partial charge in [0.25, 0.3) is 0 Å². The van der Waals surface area contributed by atoms with Crippen molar-refractivity contribution in [2.75, 3.05) is 32.8 Å². The van der Waals surface area contributed by atoms with Gasteiger partial charge in [0.15, 0.2) is 5.79 Å². The minimum Gasteiger partial charge on any atom is -0.345 e. The van der Waals surface area contributed by atoms with Gasteiger partial charge in [-0.25, -0.2) is 0 Å². The molecule has 4 rings (SSSR count). The van der Waals surface area contributed by atoms with E-state index in [4.69, 9.17) is 9.47 Å². The summed E-state index contributed by atoms with van der Waals surface area (Å²) in [5, 5.41) is 0. The van der Waals surface area contributed by atoms with Crippen molar-refractivity contribution in [3.05, 3.63) is 0 Å². The summed E-state index contributed by atoms with van der Waals surface area (Å²) in [5.74, 6) is -0.291. The van der Waals surface area contributed by atoms with E-state index in [0.717, 1.165) is 31.5 Å². The van der Waals surface area contributed by atoms with Crippen molar-refractivity contribution in [3.63, 3.8) is 0 Å². The first-order valence-electron chi connectivity index (χ1n) is 9.10. The molecule has 3 aliphatic heterocycles. The van der Waals surface area contributed by atoms with Gasteiger partial charge in [0, 0.05) is 18.1 Å². The Bertz CT molecular complexity index is 435. The van der Waals surface area contributed by atoms with E-state index in [-0.39, 0.29) is 17.4 Å². The molecule has 2 spiro atoms. The van der Waals surface area contributed by atoms with Crippen LogP contribution in [0.2, 0.25) is 0 Å². The molecule has 0 N–H and O–H groups in total. The van der Waals surface area contributed by atoms with Crippen molar-refractivity contribution in [1.82, 2.24) is 9.80 Å². The molecule has 22 heavy (non-hydrogen) atoms. The highest BCUT2D eigenvalue weighted by Gasteiger charge is 2.54. The maximum absolute atomic E-state index is 6.32. The molecule has 126 valence electrons. The predicted octanol–water partition coefficient (Wildman–Crippen LogP) is 2.48. The van der Waals surface area contributed by atoms with Crippen LogP contribution in [0.3, 0.4) is 0 Å². The lowest BCUT2D eigenvalue weighted by molar-refractivity contribution is -0.262. The van der Waals surface area contributed by atoms with E-state index >= 15 is 0 Å². The lowest BCUT2D eigenvalue weighted by Crippen LogP contribution is -2.67. The van der Waals surface area contributed by atoms with Crippen LogP contribution in [0.25, 0.3) is 0 Å². The molecular weight excluding hydrogens is 276 g/mol. The summed E-state index contributed by atoms with van der Waals surface area (Å²) in [6.45, 7) is 14.4. The Balaban J connectivity index is 1.26. The van der Waals surface area contributed by atoms with Crippen molar-refractivity contribution in [2.24, 2.45) is 5.41 Å². The molecule has 0 aromatic heterocycles. The molecular formula is C18H32N2O2. The Morgan fingerprint density at radius 1 is 1.14 bits per heavy atom. The van der Waals surface area contributed by atoms with Gasteiger partial charge in [-0.3, -0.25) is 9.80 Å². The van der Waals surface area contributed by atoms with Gasteiger partial charge in [-0.15, -0.1) is 0 Å². The lowest BCUT2D eigenvalue weighted by atomic mass is 9.97. The van der Waals surface area contributed by atoms with Gasteiger partial charge in [0.2, 0.25) is 0 Å². The molecule has 0 aromatic rings. The molecule has 4 heteroatoms. The van der Waals surface area contributed by atoms with E-state index in [1.165, 1.54) is 32.4 Å². The lowest BCUT2D eigenvalue weighted by Gasteiger charge is -2.52. The topological polar surface area (TPSA) is 24.9 Å². The van der Waals surface area contributed by atoms with Crippen LogP contribution >= 0.6 is 0 Å². The van der Waals surface area contributed by atoms with E-state index < -0.39 is 0 Å². The summed E-state index contributed by atoms with van der Waals surface area (Å²) in [5.41, 5.74) is 0.946. The molecule has 0 amide bonds. The Morgan fingerprint density at radius 3 is 2.45 bits per heavy atom. The summed E-state index contributed by atoms with van der Waals surface area (Å²) in [4.78, 5) is 5.12. The third kappa shape index (κ3) is 2.72. The highest BCUT2D eigenvalue weighted by Crippen LogP contribution is 2.53. The molecule has 2 unspecified atom stereocenters. The highest BCUT2D eigenvalue weighted by atomic mass is 16.8. The fourth-order valence-electron chi connectivity index (χ4n) is 4.37. The number of likely N-dealkylation sites (tertiary alicyclic amines) is 2. The molecule has 4 nitrogen and oxygen atoms in total. The molecule has 0 aromatic carbocycles. The first-order valence-corrected chi connectivity index (χ1v) is 9.10. The molecule has 3 heterocycles. The van der Waals surface area contributed by atoms with Crippen LogP contribution in [0.15, 0.2) is 0 Å². The first kappa shape index (κ1) is 15.4. The van der Waals surface area contributed by atoms with Crippen LogP contribution in [-0.2, 0) is 9.47 Å². The van der Waals surface area contributed by atoms with Gasteiger partial charge >= 0.3 is 0 Å². The Kier molecular flexibility index (Phi) is 3.44. The molecule has 4 fully saturated rings. The second-order valence-electron chi connectivity index (χ2n) is 9.29. The Morgan fingerprint density at radius 2 is 1.86 bits per heavy atom. The standard InChI is InChI=1S/C18H32N2O2/c1-14(19-8-7-17(11-19)5-6-17)9-15-10-21-18(22-15)12-20(13-18)16(2,3)4/h14-15H,5-13H2,1-4H3. The van der Waals surface area contributed by atoms with Gasteiger partial charge < -0.3 is 9.47 Å². The largest absolute Gasteiger partial charge is 0.345 e. The van der Waals surface area contributed by atoms with Crippen molar-refractivity contribution >= 4 is 0 Å². The normalized spacial score (nSPS) is 35.2. The van der Waals surface area contributed by atoms with Crippen LogP contribution in [0.1, 0.15) is 53.4 Å². The fourth-order valence-corrected chi connectivity index (χ4v) is 4.37. The maximum Gasteiger partial charge on any atom is 0.194 e. The van der Waals surface area contributed by atoms with Crippen molar-refractivity contribution in [3.8, 4) is 0 Å². The second kappa shape index (κ2) is 4.92. The number of ether oxygens (including phenoxy) is 2. The minimum atomic E-state index is -0.291. The zero-order valence-corrected chi connectivity index (χ0v) is 14.7. The molecule has 4 aliphatic rings. The average molecular weight is 308 g/mol. The molecule has 2 atom stereocenters. The fraction of sp³-hybridized carbons (Fsp3) is 1.00. The zero-order valence-electron chi connectivity index (χ0n) is 14.7. The van der Waals surface area contributed by atoms with Crippen LogP contribution in [0, 0.1) is 5.41 Å². The monoisotopic (exact) mass is 308 g/mol. The smallest absolute Gasteiger partial charge is 0.194 e. The molecule has 1 saturated carbocycles. The molecule has 1 aliphatic carbocycles. The van der Waals surface area contributed by atoms with E-state index in [1.807, 2.05) is 0 Å². The summed E-state index contributed by atoms with van der Waals surface area (Å²) >= 11 is 0. The highest BCUT2D eigenvalue weighted by molar-refractivity contribution is 5.02. The van der Waals surface area contributed by atoms with Gasteiger partial charge in [0.1, 0.15) is 0 Å². The maximum atomic E-state index is 6.32. The van der Waals surface area contributed by atoms with Crippen molar-refractivity contribution in [2.45, 2.75) is 76.9 Å². The Labute approximate surface area is 135 Å². The third-order valence-corrected chi connectivity index (χ3v) is 6.38. The zero-order chi connectivity index (χ0) is 15.6. The van der Waals surface area contributed by atoms with Crippen LogP contribution < -0.4 is 0 Å². The van der Waals surface area contributed by atoms with Crippen molar-refractivity contribution < 1.29 is 9.47 Å².